The Morgan fingerprint density at radius 2 is 1.02 bits per heavy atom. The van der Waals surface area contributed by atoms with Gasteiger partial charge in [-0.15, -0.1) is 0 Å². The molecule has 0 aliphatic carbocycles. The molecule has 0 saturated carbocycles. The Kier molecular flexibility index (Phi) is 6.66. The molecule has 0 aliphatic heterocycles. The van der Waals surface area contributed by atoms with Crippen molar-refractivity contribution in [3.05, 3.63) is 143 Å². The second kappa shape index (κ2) is 10.5. The van der Waals surface area contributed by atoms with Gasteiger partial charge in [0.05, 0.1) is 5.52 Å². The summed E-state index contributed by atoms with van der Waals surface area (Å²) in [5.41, 5.74) is 15.7. The van der Waals surface area contributed by atoms with E-state index >= 15 is 0 Å². The van der Waals surface area contributed by atoms with E-state index in [1.807, 2.05) is 6.20 Å². The summed E-state index contributed by atoms with van der Waals surface area (Å²) in [4.78, 5) is 4.80. The van der Waals surface area contributed by atoms with Crippen LogP contribution in [0.25, 0.3) is 43.6 Å². The summed E-state index contributed by atoms with van der Waals surface area (Å²) in [6, 6.07) is 38.3. The van der Waals surface area contributed by atoms with E-state index in [1.54, 1.807) is 0 Å². The first-order chi connectivity index (χ1) is 20.8. The third-order valence-electron chi connectivity index (χ3n) is 9.20. The highest BCUT2D eigenvalue weighted by atomic mass is 14.6. The molecule has 7 rings (SSSR count). The zero-order valence-corrected chi connectivity index (χ0v) is 25.9. The van der Waals surface area contributed by atoms with Gasteiger partial charge in [0.1, 0.15) is 0 Å². The Balaban J connectivity index is 1.43. The molecule has 0 amide bonds. The van der Waals surface area contributed by atoms with Crippen molar-refractivity contribution in [3.63, 3.8) is 0 Å². The predicted molar refractivity (Wildman–Crippen MR) is 188 cm³/mol. The van der Waals surface area contributed by atoms with Crippen molar-refractivity contribution in [2.45, 2.75) is 41.5 Å². The molecule has 0 aliphatic rings. The van der Waals surface area contributed by atoms with E-state index in [0.29, 0.717) is 0 Å². The number of rotatable bonds is 4. The maximum atomic E-state index is 4.80. The lowest BCUT2D eigenvalue weighted by atomic mass is 9.34. The van der Waals surface area contributed by atoms with Crippen LogP contribution in [0.5, 0.6) is 0 Å². The van der Waals surface area contributed by atoms with Crippen molar-refractivity contribution in [2.75, 3.05) is 0 Å². The lowest BCUT2D eigenvalue weighted by Crippen LogP contribution is -2.55. The molecule has 0 spiro atoms. The SMILES string of the molecule is Cc1cc(C)c(B(c2ccc(-c3cc4cnc5ccccc5c4c4ccccc34)cc2)c2c(C)cc(C)cc2C)c(C)c1. The Morgan fingerprint density at radius 1 is 0.512 bits per heavy atom. The first kappa shape index (κ1) is 27.2. The smallest absolute Gasteiger partial charge is 0.242 e. The monoisotopic (exact) mass is 553 g/mol. The highest BCUT2D eigenvalue weighted by Gasteiger charge is 2.28. The normalized spacial score (nSPS) is 11.5. The Labute approximate surface area is 255 Å². The molecule has 43 heavy (non-hydrogen) atoms. The number of nitrogens with zero attached hydrogens (tertiary/aromatic N) is 1. The third kappa shape index (κ3) is 4.62. The Hall–Kier alpha value is -4.69. The van der Waals surface area contributed by atoms with Crippen molar-refractivity contribution >= 4 is 55.5 Å². The standard InChI is InChI=1S/C41H36BN/c1-25-19-27(3)40(28(4)20-25)42(41-29(5)21-26(2)22-30(41)6)33-17-15-31(16-18-33)37-23-32-24-43-38-14-10-9-13-36(38)39(32)35-12-8-7-11-34(35)37/h7-24H,1-6H3. The summed E-state index contributed by atoms with van der Waals surface area (Å²) in [5.74, 6) is 0. The highest BCUT2D eigenvalue weighted by Crippen LogP contribution is 2.37. The Bertz CT molecular complexity index is 2090. The number of pyridine rings is 1. The van der Waals surface area contributed by atoms with Gasteiger partial charge >= 0.3 is 0 Å². The van der Waals surface area contributed by atoms with E-state index in [0.717, 1.165) is 5.52 Å². The molecule has 2 heteroatoms. The highest BCUT2D eigenvalue weighted by molar-refractivity contribution is 6.96. The van der Waals surface area contributed by atoms with E-state index in [2.05, 4.69) is 145 Å². The molecule has 1 heterocycles. The van der Waals surface area contributed by atoms with E-state index < -0.39 is 0 Å². The molecule has 0 radical (unpaired) electrons. The molecule has 1 aromatic heterocycles. The fourth-order valence-electron chi connectivity index (χ4n) is 7.60. The maximum Gasteiger partial charge on any atom is 0.242 e. The first-order valence-electron chi connectivity index (χ1n) is 15.2. The minimum atomic E-state index is 0.166. The lowest BCUT2D eigenvalue weighted by Gasteiger charge is -2.25. The number of para-hydroxylation sites is 1. The second-order valence-electron chi connectivity index (χ2n) is 12.4. The van der Waals surface area contributed by atoms with E-state index in [-0.39, 0.29) is 6.71 Å². The summed E-state index contributed by atoms with van der Waals surface area (Å²) in [6.07, 6.45) is 2.03. The molecule has 208 valence electrons. The lowest BCUT2D eigenvalue weighted by molar-refractivity contribution is 1.34. The summed E-state index contributed by atoms with van der Waals surface area (Å²) < 4.78 is 0. The van der Waals surface area contributed by atoms with E-state index in [4.69, 9.17) is 4.98 Å². The fraction of sp³-hybridized carbons (Fsp3) is 0.146. The minimum absolute atomic E-state index is 0.166. The zero-order valence-electron chi connectivity index (χ0n) is 25.9. The zero-order chi connectivity index (χ0) is 29.8. The molecular formula is C41H36BN. The summed E-state index contributed by atoms with van der Waals surface area (Å²) in [7, 11) is 0. The van der Waals surface area contributed by atoms with Crippen LogP contribution >= 0.6 is 0 Å². The van der Waals surface area contributed by atoms with Crippen LogP contribution < -0.4 is 16.4 Å². The molecule has 0 fully saturated rings. The van der Waals surface area contributed by atoms with Crippen molar-refractivity contribution in [1.82, 2.24) is 4.98 Å². The van der Waals surface area contributed by atoms with Gasteiger partial charge in [-0.25, -0.2) is 0 Å². The molecule has 6 aromatic carbocycles. The van der Waals surface area contributed by atoms with Gasteiger partial charge in [0.15, 0.2) is 0 Å². The van der Waals surface area contributed by atoms with Crippen LogP contribution in [0.1, 0.15) is 33.4 Å². The Morgan fingerprint density at radius 3 is 1.60 bits per heavy atom. The van der Waals surface area contributed by atoms with Crippen molar-refractivity contribution in [3.8, 4) is 11.1 Å². The molecule has 0 bridgehead atoms. The topological polar surface area (TPSA) is 12.9 Å². The van der Waals surface area contributed by atoms with Gasteiger partial charge in [-0.1, -0.05) is 141 Å². The summed E-state index contributed by atoms with van der Waals surface area (Å²) in [6.45, 7) is 13.6. The van der Waals surface area contributed by atoms with Gasteiger partial charge in [0, 0.05) is 22.4 Å². The average Bonchev–Trinajstić information content (AvgIpc) is 2.99. The molecular weight excluding hydrogens is 517 g/mol. The summed E-state index contributed by atoms with van der Waals surface area (Å²) in [5, 5.41) is 6.19. The fourth-order valence-corrected chi connectivity index (χ4v) is 7.60. The average molecular weight is 554 g/mol. The number of hydrogen-bond acceptors (Lipinski definition) is 1. The van der Waals surface area contributed by atoms with Crippen molar-refractivity contribution < 1.29 is 0 Å². The van der Waals surface area contributed by atoms with Gasteiger partial charge in [-0.2, -0.15) is 0 Å². The van der Waals surface area contributed by atoms with Crippen LogP contribution in [0.4, 0.5) is 0 Å². The quantitative estimate of drug-likeness (QED) is 0.157. The van der Waals surface area contributed by atoms with Crippen molar-refractivity contribution in [2.24, 2.45) is 0 Å². The summed E-state index contributed by atoms with van der Waals surface area (Å²) >= 11 is 0. The second-order valence-corrected chi connectivity index (χ2v) is 12.4. The molecule has 7 aromatic rings. The maximum absolute atomic E-state index is 4.80. The largest absolute Gasteiger partial charge is 0.256 e. The number of fused-ring (bicyclic) bond motifs is 5. The van der Waals surface area contributed by atoms with Crippen LogP contribution in [0.2, 0.25) is 0 Å². The number of hydrogen-bond donors (Lipinski definition) is 0. The minimum Gasteiger partial charge on any atom is -0.256 e. The van der Waals surface area contributed by atoms with Gasteiger partial charge in [0.25, 0.3) is 0 Å². The van der Waals surface area contributed by atoms with E-state index in [1.165, 1.54) is 87.8 Å². The number of aromatic nitrogens is 1. The van der Waals surface area contributed by atoms with E-state index in [9.17, 15) is 0 Å². The molecule has 0 saturated heterocycles. The van der Waals surface area contributed by atoms with Crippen molar-refractivity contribution in [1.29, 1.82) is 0 Å². The van der Waals surface area contributed by atoms with Crippen LogP contribution in [-0.2, 0) is 0 Å². The molecule has 0 N–H and O–H groups in total. The molecule has 1 nitrogen and oxygen atoms in total. The molecule has 0 unspecified atom stereocenters. The van der Waals surface area contributed by atoms with Gasteiger partial charge < -0.3 is 0 Å². The van der Waals surface area contributed by atoms with Gasteiger partial charge in [-0.05, 0) is 75.6 Å². The van der Waals surface area contributed by atoms with Crippen LogP contribution in [0.3, 0.4) is 0 Å². The van der Waals surface area contributed by atoms with Crippen LogP contribution in [0, 0.1) is 41.5 Å². The predicted octanol–water partition coefficient (Wildman–Crippen LogP) is 8.57. The first-order valence-corrected chi connectivity index (χ1v) is 15.2. The third-order valence-corrected chi connectivity index (χ3v) is 9.20. The van der Waals surface area contributed by atoms with Gasteiger partial charge in [0.2, 0.25) is 6.71 Å². The molecule has 0 atom stereocenters. The van der Waals surface area contributed by atoms with Crippen LogP contribution in [-0.4, -0.2) is 11.7 Å². The number of benzene rings is 6. The van der Waals surface area contributed by atoms with Crippen LogP contribution in [0.15, 0.2) is 109 Å². The number of aryl methyl sites for hydroxylation is 6. The van der Waals surface area contributed by atoms with Gasteiger partial charge in [-0.3, -0.25) is 4.98 Å².